The van der Waals surface area contributed by atoms with Crippen LogP contribution in [-0.4, -0.2) is 41.3 Å². The van der Waals surface area contributed by atoms with Crippen molar-refractivity contribution in [1.29, 1.82) is 0 Å². The van der Waals surface area contributed by atoms with Gasteiger partial charge in [0.15, 0.2) is 0 Å². The first-order valence-corrected chi connectivity index (χ1v) is 10.8. The first-order valence-electron chi connectivity index (χ1n) is 9.33. The Morgan fingerprint density at radius 2 is 1.93 bits per heavy atom. The van der Waals surface area contributed by atoms with Gasteiger partial charge in [-0.1, -0.05) is 6.08 Å². The Balaban J connectivity index is 1.56. The lowest BCUT2D eigenvalue weighted by atomic mass is 10.0. The Morgan fingerprint density at radius 1 is 1.17 bits per heavy atom. The number of amides is 1. The predicted molar refractivity (Wildman–Crippen MR) is 113 cm³/mol. The molecule has 29 heavy (non-hydrogen) atoms. The third-order valence-corrected chi connectivity index (χ3v) is 6.94. The van der Waals surface area contributed by atoms with Crippen LogP contribution in [0.5, 0.6) is 0 Å². The fourth-order valence-electron chi connectivity index (χ4n) is 3.64. The summed E-state index contributed by atoms with van der Waals surface area (Å²) < 4.78 is 29.4. The molecule has 1 N–H and O–H groups in total. The molecule has 1 aromatic carbocycles. The Hall–Kier alpha value is -2.97. The topological polar surface area (TPSA) is 84.3 Å². The smallest absolute Gasteiger partial charge is 0.243 e. The number of carbonyl (C=O) groups is 1. The number of pyridine rings is 1. The van der Waals surface area contributed by atoms with Crippen molar-refractivity contribution in [3.05, 3.63) is 60.4 Å². The maximum absolute atomic E-state index is 13.0. The van der Waals surface area contributed by atoms with Crippen LogP contribution in [-0.2, 0) is 21.9 Å². The fourth-order valence-corrected chi connectivity index (χ4v) is 5.03. The molecule has 0 unspecified atom stereocenters. The van der Waals surface area contributed by atoms with Crippen LogP contribution in [0.25, 0.3) is 16.6 Å². The molecule has 8 heteroatoms. The summed E-state index contributed by atoms with van der Waals surface area (Å²) in [5.41, 5.74) is 3.72. The molecule has 0 atom stereocenters. The number of aryl methyl sites for hydroxylation is 1. The monoisotopic (exact) mass is 410 g/mol. The largest absolute Gasteiger partial charge is 0.335 e. The SMILES string of the molecule is CC(=O)Nc1ccc(S(=O)(=O)N2CC=C(c3cn(C)c4ncccc34)CC2)cc1. The van der Waals surface area contributed by atoms with Crippen LogP contribution in [0.3, 0.4) is 0 Å². The number of nitrogens with zero attached hydrogens (tertiary/aromatic N) is 3. The third kappa shape index (κ3) is 3.68. The van der Waals surface area contributed by atoms with E-state index in [1.165, 1.54) is 23.4 Å². The maximum Gasteiger partial charge on any atom is 0.243 e. The highest BCUT2D eigenvalue weighted by molar-refractivity contribution is 7.89. The van der Waals surface area contributed by atoms with Crippen LogP contribution in [0, 0.1) is 0 Å². The van der Waals surface area contributed by atoms with Gasteiger partial charge in [-0.25, -0.2) is 13.4 Å². The number of hydrogen-bond acceptors (Lipinski definition) is 4. The normalized spacial score (nSPS) is 15.3. The predicted octanol–water partition coefficient (Wildman–Crippen LogP) is 3.01. The van der Waals surface area contributed by atoms with Crippen molar-refractivity contribution in [2.24, 2.45) is 7.05 Å². The number of anilines is 1. The van der Waals surface area contributed by atoms with Crippen molar-refractivity contribution in [3.8, 4) is 0 Å². The van der Waals surface area contributed by atoms with Crippen molar-refractivity contribution < 1.29 is 13.2 Å². The van der Waals surface area contributed by atoms with Crippen molar-refractivity contribution in [2.75, 3.05) is 18.4 Å². The van der Waals surface area contributed by atoms with Gasteiger partial charge in [0.05, 0.1) is 4.90 Å². The average molecular weight is 410 g/mol. The Kier molecular flexibility index (Phi) is 4.97. The molecule has 3 heterocycles. The summed E-state index contributed by atoms with van der Waals surface area (Å²) >= 11 is 0. The molecular formula is C21H22N4O3S. The van der Waals surface area contributed by atoms with Crippen molar-refractivity contribution in [1.82, 2.24) is 13.9 Å². The molecule has 4 rings (SSSR count). The van der Waals surface area contributed by atoms with E-state index < -0.39 is 10.0 Å². The highest BCUT2D eigenvalue weighted by Crippen LogP contribution is 2.31. The van der Waals surface area contributed by atoms with Gasteiger partial charge < -0.3 is 9.88 Å². The van der Waals surface area contributed by atoms with E-state index in [0.29, 0.717) is 25.2 Å². The zero-order chi connectivity index (χ0) is 20.6. The Morgan fingerprint density at radius 3 is 2.59 bits per heavy atom. The number of benzene rings is 1. The summed E-state index contributed by atoms with van der Waals surface area (Å²) in [7, 11) is -1.63. The number of hydrogen-bond donors (Lipinski definition) is 1. The highest BCUT2D eigenvalue weighted by Gasteiger charge is 2.27. The molecule has 0 fully saturated rings. The second-order valence-electron chi connectivity index (χ2n) is 7.08. The molecule has 7 nitrogen and oxygen atoms in total. The summed E-state index contributed by atoms with van der Waals surface area (Å²) in [6.45, 7) is 2.15. The first kappa shape index (κ1) is 19.4. The van der Waals surface area contributed by atoms with Crippen LogP contribution < -0.4 is 5.32 Å². The van der Waals surface area contributed by atoms with E-state index in [9.17, 15) is 13.2 Å². The molecule has 0 bridgehead atoms. The van der Waals surface area contributed by atoms with Gasteiger partial charge in [-0.3, -0.25) is 4.79 Å². The van der Waals surface area contributed by atoms with E-state index >= 15 is 0 Å². The third-order valence-electron chi connectivity index (χ3n) is 5.06. The molecule has 0 radical (unpaired) electrons. The average Bonchev–Trinajstić information content (AvgIpc) is 3.05. The van der Waals surface area contributed by atoms with Crippen LogP contribution in [0.2, 0.25) is 0 Å². The summed E-state index contributed by atoms with van der Waals surface area (Å²) in [5.74, 6) is -0.196. The van der Waals surface area contributed by atoms with Gasteiger partial charge in [0.2, 0.25) is 15.9 Å². The minimum Gasteiger partial charge on any atom is -0.335 e. The number of fused-ring (bicyclic) bond motifs is 1. The molecule has 0 saturated heterocycles. The molecule has 0 aliphatic carbocycles. The molecule has 3 aromatic rings. The number of carbonyl (C=O) groups excluding carboxylic acids is 1. The number of nitrogens with one attached hydrogen (secondary N) is 1. The lowest BCUT2D eigenvalue weighted by Gasteiger charge is -2.26. The van der Waals surface area contributed by atoms with E-state index in [1.807, 2.05) is 29.8 Å². The minimum absolute atomic E-state index is 0.196. The standard InChI is InChI=1S/C21H22N4O3S/c1-15(26)23-17-5-7-18(8-6-17)29(27,28)25-12-9-16(10-13-25)20-14-24(2)21-19(20)4-3-11-22-21/h3-9,11,14H,10,12-13H2,1-2H3,(H,23,26). The number of rotatable bonds is 4. The quantitative estimate of drug-likeness (QED) is 0.717. The van der Waals surface area contributed by atoms with E-state index in [1.54, 1.807) is 18.3 Å². The van der Waals surface area contributed by atoms with Crippen molar-refractivity contribution in [2.45, 2.75) is 18.2 Å². The Bertz CT molecular complexity index is 1210. The molecule has 1 aliphatic heterocycles. The van der Waals surface area contributed by atoms with Crippen LogP contribution in [0.4, 0.5) is 5.69 Å². The van der Waals surface area contributed by atoms with Gasteiger partial charge in [-0.2, -0.15) is 4.31 Å². The minimum atomic E-state index is -3.59. The zero-order valence-electron chi connectivity index (χ0n) is 16.3. The second-order valence-corrected chi connectivity index (χ2v) is 9.01. The second kappa shape index (κ2) is 7.46. The first-order chi connectivity index (χ1) is 13.9. The fraction of sp³-hybridized carbons (Fsp3) is 0.238. The molecule has 0 spiro atoms. The summed E-state index contributed by atoms with van der Waals surface area (Å²) in [6, 6.07) is 10.2. The zero-order valence-corrected chi connectivity index (χ0v) is 17.1. The van der Waals surface area contributed by atoms with E-state index in [0.717, 1.165) is 22.2 Å². The van der Waals surface area contributed by atoms with Gasteiger partial charge in [-0.15, -0.1) is 0 Å². The summed E-state index contributed by atoms with van der Waals surface area (Å²) in [5, 5.41) is 3.71. The van der Waals surface area contributed by atoms with E-state index in [2.05, 4.69) is 16.5 Å². The molecule has 1 amide bonds. The number of sulfonamides is 1. The van der Waals surface area contributed by atoms with Crippen LogP contribution in [0.1, 0.15) is 18.9 Å². The number of aromatic nitrogens is 2. The highest BCUT2D eigenvalue weighted by atomic mass is 32.2. The summed E-state index contributed by atoms with van der Waals surface area (Å²) in [4.78, 5) is 15.8. The van der Waals surface area contributed by atoms with Gasteiger partial charge in [0.1, 0.15) is 5.65 Å². The molecule has 2 aromatic heterocycles. The molecule has 1 aliphatic rings. The van der Waals surface area contributed by atoms with Gasteiger partial charge in [0.25, 0.3) is 0 Å². The van der Waals surface area contributed by atoms with Crippen molar-refractivity contribution >= 4 is 38.2 Å². The van der Waals surface area contributed by atoms with Crippen LogP contribution >= 0.6 is 0 Å². The maximum atomic E-state index is 13.0. The lowest BCUT2D eigenvalue weighted by molar-refractivity contribution is -0.114. The summed E-state index contributed by atoms with van der Waals surface area (Å²) in [6.07, 6.45) is 6.44. The van der Waals surface area contributed by atoms with Crippen LogP contribution in [0.15, 0.2) is 59.8 Å². The van der Waals surface area contributed by atoms with E-state index in [-0.39, 0.29) is 10.8 Å². The lowest BCUT2D eigenvalue weighted by Crippen LogP contribution is -2.34. The van der Waals surface area contributed by atoms with E-state index in [4.69, 9.17) is 0 Å². The Labute approximate surface area is 169 Å². The van der Waals surface area contributed by atoms with Gasteiger partial charge in [-0.05, 0) is 48.4 Å². The van der Waals surface area contributed by atoms with Gasteiger partial charge >= 0.3 is 0 Å². The van der Waals surface area contributed by atoms with Crippen molar-refractivity contribution in [3.63, 3.8) is 0 Å². The van der Waals surface area contributed by atoms with Gasteiger partial charge in [0, 0.05) is 56.1 Å². The molecule has 0 saturated carbocycles. The molecular weight excluding hydrogens is 388 g/mol. The molecule has 150 valence electrons.